The molecule has 0 radical (unpaired) electrons. The Balaban J connectivity index is 1.37. The van der Waals surface area contributed by atoms with Gasteiger partial charge in [-0.05, 0) is 50.6 Å². The van der Waals surface area contributed by atoms with Crippen molar-refractivity contribution in [2.24, 2.45) is 0 Å². The highest BCUT2D eigenvalue weighted by Crippen LogP contribution is 2.19. The molecule has 0 atom stereocenters. The SMILES string of the molecule is Cc1cccc(OCC(=O)Nc2cccc(OCc3cc(=O)n4c(ncn4C(C)C)n3)c2)c1. The van der Waals surface area contributed by atoms with Crippen molar-refractivity contribution in [1.29, 1.82) is 0 Å². The van der Waals surface area contributed by atoms with Gasteiger partial charge in [0.1, 0.15) is 24.4 Å². The smallest absolute Gasteiger partial charge is 0.274 e. The van der Waals surface area contributed by atoms with Crippen molar-refractivity contribution in [2.45, 2.75) is 33.4 Å². The second-order valence-electron chi connectivity index (χ2n) is 7.89. The second-order valence-corrected chi connectivity index (χ2v) is 7.89. The van der Waals surface area contributed by atoms with Crippen LogP contribution >= 0.6 is 0 Å². The summed E-state index contributed by atoms with van der Waals surface area (Å²) in [7, 11) is 0. The minimum Gasteiger partial charge on any atom is -0.487 e. The molecule has 2 aromatic carbocycles. The maximum atomic E-state index is 12.5. The highest BCUT2D eigenvalue weighted by atomic mass is 16.5. The van der Waals surface area contributed by atoms with E-state index >= 15 is 0 Å². The van der Waals surface area contributed by atoms with Gasteiger partial charge in [-0.3, -0.25) is 14.3 Å². The fourth-order valence-corrected chi connectivity index (χ4v) is 3.28. The van der Waals surface area contributed by atoms with Crippen molar-refractivity contribution in [2.75, 3.05) is 11.9 Å². The van der Waals surface area contributed by atoms with E-state index < -0.39 is 0 Å². The summed E-state index contributed by atoms with van der Waals surface area (Å²) in [5.41, 5.74) is 1.88. The number of aryl methyl sites for hydroxylation is 1. The Morgan fingerprint density at radius 2 is 1.82 bits per heavy atom. The summed E-state index contributed by atoms with van der Waals surface area (Å²) in [5, 5.41) is 2.79. The summed E-state index contributed by atoms with van der Waals surface area (Å²) in [4.78, 5) is 33.4. The molecule has 0 bridgehead atoms. The molecule has 0 saturated heterocycles. The number of anilines is 1. The highest BCUT2D eigenvalue weighted by molar-refractivity contribution is 5.92. The van der Waals surface area contributed by atoms with Gasteiger partial charge in [-0.15, -0.1) is 0 Å². The Kier molecular flexibility index (Phi) is 6.39. The van der Waals surface area contributed by atoms with E-state index in [2.05, 4.69) is 15.3 Å². The molecule has 0 aliphatic heterocycles. The fourth-order valence-electron chi connectivity index (χ4n) is 3.28. The number of ether oxygens (including phenoxy) is 2. The van der Waals surface area contributed by atoms with Crippen molar-refractivity contribution in [3.63, 3.8) is 0 Å². The van der Waals surface area contributed by atoms with Gasteiger partial charge in [-0.1, -0.05) is 18.2 Å². The van der Waals surface area contributed by atoms with E-state index in [0.29, 0.717) is 28.7 Å². The first-order valence-electron chi connectivity index (χ1n) is 10.6. The van der Waals surface area contributed by atoms with E-state index in [4.69, 9.17) is 9.47 Å². The molecule has 9 heteroatoms. The van der Waals surface area contributed by atoms with Gasteiger partial charge in [0.05, 0.1) is 5.69 Å². The van der Waals surface area contributed by atoms with E-state index in [-0.39, 0.29) is 30.7 Å². The van der Waals surface area contributed by atoms with Crippen LogP contribution in [-0.4, -0.2) is 31.7 Å². The molecular formula is C24H25N5O4. The quantitative estimate of drug-likeness (QED) is 0.445. The number of rotatable bonds is 8. The molecule has 0 spiro atoms. The number of carbonyl (C=O) groups excluding carboxylic acids is 1. The Labute approximate surface area is 190 Å². The normalized spacial score (nSPS) is 11.0. The summed E-state index contributed by atoms with van der Waals surface area (Å²) < 4.78 is 14.5. The van der Waals surface area contributed by atoms with Crippen LogP contribution in [0.3, 0.4) is 0 Å². The summed E-state index contributed by atoms with van der Waals surface area (Å²) in [5.74, 6) is 1.21. The van der Waals surface area contributed by atoms with Crippen molar-refractivity contribution in [3.8, 4) is 11.5 Å². The lowest BCUT2D eigenvalue weighted by Crippen LogP contribution is -2.23. The standard InChI is InChI=1S/C24H25N5O4/c1-16(2)28-15-25-24-27-19(12-23(31)29(24)28)13-32-21-9-5-7-18(11-21)26-22(30)14-33-20-8-4-6-17(3)10-20/h4-12,15-16H,13-14H2,1-3H3,(H,26,30). The number of hydrogen-bond donors (Lipinski definition) is 1. The van der Waals surface area contributed by atoms with Crippen LogP contribution in [0.25, 0.3) is 5.78 Å². The van der Waals surface area contributed by atoms with Crippen LogP contribution < -0.4 is 20.3 Å². The topological polar surface area (TPSA) is 99.7 Å². The average molecular weight is 447 g/mol. The summed E-state index contributed by atoms with van der Waals surface area (Å²) in [6, 6.07) is 16.0. The second kappa shape index (κ2) is 9.56. The van der Waals surface area contributed by atoms with Gasteiger partial charge in [-0.25, -0.2) is 4.98 Å². The molecule has 0 unspecified atom stereocenters. The molecule has 170 valence electrons. The molecule has 2 heterocycles. The highest BCUT2D eigenvalue weighted by Gasteiger charge is 2.11. The van der Waals surface area contributed by atoms with Gasteiger partial charge < -0.3 is 14.8 Å². The molecule has 1 N–H and O–H groups in total. The number of nitrogens with zero attached hydrogens (tertiary/aromatic N) is 4. The lowest BCUT2D eigenvalue weighted by Gasteiger charge is -2.11. The monoisotopic (exact) mass is 447 g/mol. The van der Waals surface area contributed by atoms with Crippen LogP contribution in [0.5, 0.6) is 11.5 Å². The molecule has 0 aliphatic carbocycles. The third-order valence-electron chi connectivity index (χ3n) is 4.85. The van der Waals surface area contributed by atoms with Crippen LogP contribution in [-0.2, 0) is 11.4 Å². The maximum Gasteiger partial charge on any atom is 0.274 e. The van der Waals surface area contributed by atoms with Crippen LogP contribution in [0.1, 0.15) is 31.1 Å². The predicted molar refractivity (Wildman–Crippen MR) is 124 cm³/mol. The van der Waals surface area contributed by atoms with Gasteiger partial charge in [-0.2, -0.15) is 9.50 Å². The molecule has 4 aromatic rings. The molecule has 1 amide bonds. The zero-order valence-corrected chi connectivity index (χ0v) is 18.7. The number of nitrogens with one attached hydrogen (secondary N) is 1. The minimum atomic E-state index is -0.283. The van der Waals surface area contributed by atoms with E-state index in [1.807, 2.05) is 39.0 Å². The molecular weight excluding hydrogens is 422 g/mol. The number of hydrogen-bond acceptors (Lipinski definition) is 6. The average Bonchev–Trinajstić information content (AvgIpc) is 3.22. The van der Waals surface area contributed by atoms with Gasteiger partial charge >= 0.3 is 0 Å². The summed E-state index contributed by atoms with van der Waals surface area (Å²) >= 11 is 0. The van der Waals surface area contributed by atoms with E-state index in [1.54, 1.807) is 41.3 Å². The molecule has 0 saturated carbocycles. The number of fused-ring (bicyclic) bond motifs is 1. The predicted octanol–water partition coefficient (Wildman–Crippen LogP) is 3.38. The summed E-state index contributed by atoms with van der Waals surface area (Å²) in [6.07, 6.45) is 1.59. The number of benzene rings is 2. The minimum absolute atomic E-state index is 0.0803. The van der Waals surface area contributed by atoms with Gasteiger partial charge in [0.2, 0.25) is 0 Å². The van der Waals surface area contributed by atoms with Crippen molar-refractivity contribution in [1.82, 2.24) is 19.2 Å². The number of aromatic nitrogens is 4. The molecule has 0 fully saturated rings. The lowest BCUT2D eigenvalue weighted by atomic mass is 10.2. The lowest BCUT2D eigenvalue weighted by molar-refractivity contribution is -0.118. The van der Waals surface area contributed by atoms with Gasteiger partial charge in [0, 0.05) is 23.9 Å². The fraction of sp³-hybridized carbons (Fsp3) is 0.250. The van der Waals surface area contributed by atoms with Crippen LogP contribution in [0, 0.1) is 6.92 Å². The molecule has 33 heavy (non-hydrogen) atoms. The first-order valence-corrected chi connectivity index (χ1v) is 10.6. The zero-order valence-electron chi connectivity index (χ0n) is 18.7. The molecule has 0 aliphatic rings. The van der Waals surface area contributed by atoms with E-state index in [1.165, 1.54) is 10.6 Å². The van der Waals surface area contributed by atoms with E-state index in [0.717, 1.165) is 5.56 Å². The Hall–Kier alpha value is -4.14. The third kappa shape index (κ3) is 5.38. The van der Waals surface area contributed by atoms with Crippen molar-refractivity contribution >= 4 is 17.4 Å². The number of amides is 1. The van der Waals surface area contributed by atoms with Crippen LogP contribution in [0.2, 0.25) is 0 Å². The van der Waals surface area contributed by atoms with Crippen LogP contribution in [0.4, 0.5) is 5.69 Å². The Morgan fingerprint density at radius 3 is 2.58 bits per heavy atom. The largest absolute Gasteiger partial charge is 0.487 e. The van der Waals surface area contributed by atoms with Crippen molar-refractivity contribution < 1.29 is 14.3 Å². The first-order chi connectivity index (χ1) is 15.9. The van der Waals surface area contributed by atoms with Crippen molar-refractivity contribution in [3.05, 3.63) is 82.5 Å². The molecule has 4 rings (SSSR count). The van der Waals surface area contributed by atoms with Crippen LogP contribution in [0.15, 0.2) is 65.7 Å². The molecule has 9 nitrogen and oxygen atoms in total. The number of carbonyl (C=O) groups is 1. The third-order valence-corrected chi connectivity index (χ3v) is 4.85. The van der Waals surface area contributed by atoms with Gasteiger partial charge in [0.15, 0.2) is 6.61 Å². The molecule has 2 aromatic heterocycles. The first kappa shape index (κ1) is 22.1. The Morgan fingerprint density at radius 1 is 1.06 bits per heavy atom. The Bertz CT molecular complexity index is 1340. The zero-order chi connectivity index (χ0) is 23.4. The maximum absolute atomic E-state index is 12.5. The van der Waals surface area contributed by atoms with Gasteiger partial charge in [0.25, 0.3) is 17.2 Å². The summed E-state index contributed by atoms with van der Waals surface area (Å²) in [6.45, 7) is 5.87. The van der Waals surface area contributed by atoms with E-state index in [9.17, 15) is 9.59 Å².